The topological polar surface area (TPSA) is 36.6 Å². The lowest BCUT2D eigenvalue weighted by Gasteiger charge is -2.35. The Labute approximate surface area is 103 Å². The molecule has 0 aliphatic carbocycles. The lowest BCUT2D eigenvalue weighted by molar-refractivity contribution is 0.0248. The molecule has 0 amide bonds. The molecule has 1 N–H and O–H groups in total. The third-order valence-corrected chi connectivity index (χ3v) is 3.58. The zero-order valence-corrected chi connectivity index (χ0v) is 10.9. The summed E-state index contributed by atoms with van der Waals surface area (Å²) < 4.78 is 5.60. The van der Waals surface area contributed by atoms with E-state index in [0.717, 1.165) is 44.0 Å². The van der Waals surface area contributed by atoms with Crippen LogP contribution in [0.1, 0.15) is 31.3 Å². The Morgan fingerprint density at radius 1 is 1.47 bits per heavy atom. The fourth-order valence-corrected chi connectivity index (χ4v) is 2.67. The van der Waals surface area contributed by atoms with E-state index in [1.54, 1.807) is 0 Å². The maximum atomic E-state index is 10.1. The van der Waals surface area contributed by atoms with E-state index in [2.05, 4.69) is 11.8 Å². The van der Waals surface area contributed by atoms with Crippen molar-refractivity contribution in [1.82, 2.24) is 4.90 Å². The zero-order chi connectivity index (χ0) is 12.3. The summed E-state index contributed by atoms with van der Waals surface area (Å²) in [6.07, 6.45) is 2.76. The van der Waals surface area contributed by atoms with Gasteiger partial charge < -0.3 is 14.4 Å². The van der Waals surface area contributed by atoms with Crippen LogP contribution in [0.25, 0.3) is 0 Å². The van der Waals surface area contributed by atoms with Gasteiger partial charge in [0.1, 0.15) is 11.5 Å². The van der Waals surface area contributed by atoms with Crippen molar-refractivity contribution in [1.29, 1.82) is 0 Å². The molecule has 0 spiro atoms. The Kier molecular flexibility index (Phi) is 4.24. The van der Waals surface area contributed by atoms with Gasteiger partial charge in [-0.25, -0.2) is 0 Å². The minimum Gasteiger partial charge on any atom is -0.466 e. The number of hydrogen-bond acceptors (Lipinski definition) is 3. The quantitative estimate of drug-likeness (QED) is 0.872. The monoisotopic (exact) mass is 237 g/mol. The van der Waals surface area contributed by atoms with Crippen molar-refractivity contribution in [3.05, 3.63) is 23.7 Å². The third-order valence-electron chi connectivity index (χ3n) is 3.58. The van der Waals surface area contributed by atoms with Crippen LogP contribution in [0.5, 0.6) is 0 Å². The van der Waals surface area contributed by atoms with Crippen LogP contribution >= 0.6 is 0 Å². The van der Waals surface area contributed by atoms with Crippen molar-refractivity contribution in [2.24, 2.45) is 5.92 Å². The molecule has 0 radical (unpaired) electrons. The van der Waals surface area contributed by atoms with E-state index in [0.29, 0.717) is 5.92 Å². The molecule has 2 atom stereocenters. The van der Waals surface area contributed by atoms with E-state index in [-0.39, 0.29) is 6.10 Å². The summed E-state index contributed by atoms with van der Waals surface area (Å²) in [7, 11) is 0. The predicted octanol–water partition coefficient (Wildman–Crippen LogP) is 2.22. The summed E-state index contributed by atoms with van der Waals surface area (Å²) >= 11 is 0. The van der Waals surface area contributed by atoms with Crippen LogP contribution in [0.4, 0.5) is 0 Å². The van der Waals surface area contributed by atoms with Crippen LogP contribution < -0.4 is 0 Å². The molecule has 1 saturated heterocycles. The van der Waals surface area contributed by atoms with Gasteiger partial charge in [-0.2, -0.15) is 0 Å². The van der Waals surface area contributed by atoms with E-state index in [1.165, 1.54) is 6.42 Å². The van der Waals surface area contributed by atoms with Crippen LogP contribution in [0.15, 0.2) is 16.5 Å². The predicted molar refractivity (Wildman–Crippen MR) is 68.0 cm³/mol. The first-order valence-corrected chi connectivity index (χ1v) is 6.64. The number of piperidine rings is 1. The summed E-state index contributed by atoms with van der Waals surface area (Å²) in [6.45, 7) is 7.33. The fraction of sp³-hybridized carbons (Fsp3) is 0.714. The highest BCUT2D eigenvalue weighted by Gasteiger charge is 2.28. The highest BCUT2D eigenvalue weighted by atomic mass is 16.3. The number of aryl methyl sites for hydroxylation is 1. The first-order valence-electron chi connectivity index (χ1n) is 6.64. The molecule has 96 valence electrons. The van der Waals surface area contributed by atoms with Crippen molar-refractivity contribution < 1.29 is 9.52 Å². The molecular weight excluding hydrogens is 214 g/mol. The molecule has 3 nitrogen and oxygen atoms in total. The second-order valence-corrected chi connectivity index (χ2v) is 5.13. The van der Waals surface area contributed by atoms with Crippen LogP contribution in [0, 0.1) is 12.8 Å². The summed E-state index contributed by atoms with van der Waals surface area (Å²) in [5, 5.41) is 10.1. The first kappa shape index (κ1) is 12.7. The highest BCUT2D eigenvalue weighted by Crippen LogP contribution is 2.22. The molecule has 2 rings (SSSR count). The lowest BCUT2D eigenvalue weighted by Crippen LogP contribution is -2.44. The normalized spacial score (nSPS) is 26.3. The molecule has 0 aromatic carbocycles. The van der Waals surface area contributed by atoms with Gasteiger partial charge in [-0.15, -0.1) is 0 Å². The summed E-state index contributed by atoms with van der Waals surface area (Å²) in [6, 6.07) is 4.02. The number of likely N-dealkylation sites (tertiary alicyclic amines) is 1. The van der Waals surface area contributed by atoms with Crippen molar-refractivity contribution in [3.63, 3.8) is 0 Å². The van der Waals surface area contributed by atoms with Gasteiger partial charge >= 0.3 is 0 Å². The van der Waals surface area contributed by atoms with E-state index in [4.69, 9.17) is 4.42 Å². The van der Waals surface area contributed by atoms with Gasteiger partial charge in [-0.05, 0) is 38.4 Å². The van der Waals surface area contributed by atoms with Crippen molar-refractivity contribution >= 4 is 0 Å². The first-order chi connectivity index (χ1) is 8.19. The van der Waals surface area contributed by atoms with E-state index in [1.807, 2.05) is 19.1 Å². The van der Waals surface area contributed by atoms with Crippen molar-refractivity contribution in [3.8, 4) is 0 Å². The number of aliphatic hydroxyl groups excluding tert-OH is 1. The number of aliphatic hydroxyl groups is 1. The molecule has 1 aromatic heterocycles. The summed E-state index contributed by atoms with van der Waals surface area (Å²) in [5.74, 6) is 2.28. The second kappa shape index (κ2) is 5.69. The molecule has 1 aliphatic heterocycles. The minimum absolute atomic E-state index is 0.173. The SMILES string of the molecule is CCCN1CCC(O)C(Cc2ccc(C)o2)C1. The summed E-state index contributed by atoms with van der Waals surface area (Å²) in [4.78, 5) is 2.45. The maximum Gasteiger partial charge on any atom is 0.104 e. The van der Waals surface area contributed by atoms with Gasteiger partial charge in [-0.3, -0.25) is 0 Å². The molecular formula is C14H23NO2. The maximum absolute atomic E-state index is 10.1. The van der Waals surface area contributed by atoms with E-state index >= 15 is 0 Å². The number of furan rings is 1. The Hall–Kier alpha value is -0.800. The lowest BCUT2D eigenvalue weighted by atomic mass is 9.91. The minimum atomic E-state index is -0.173. The number of rotatable bonds is 4. The van der Waals surface area contributed by atoms with E-state index in [9.17, 15) is 5.11 Å². The molecule has 2 unspecified atom stereocenters. The average Bonchev–Trinajstić information content (AvgIpc) is 2.69. The number of nitrogens with zero attached hydrogens (tertiary/aromatic N) is 1. The smallest absolute Gasteiger partial charge is 0.104 e. The molecule has 1 fully saturated rings. The van der Waals surface area contributed by atoms with Crippen LogP contribution in [0.2, 0.25) is 0 Å². The van der Waals surface area contributed by atoms with Gasteiger partial charge in [0.25, 0.3) is 0 Å². The Balaban J connectivity index is 1.93. The standard InChI is InChI=1S/C14H23NO2/c1-3-7-15-8-6-14(16)12(10-15)9-13-5-4-11(2)17-13/h4-5,12,14,16H,3,6-10H2,1-2H3. The molecule has 1 aliphatic rings. The van der Waals surface area contributed by atoms with E-state index < -0.39 is 0 Å². The van der Waals surface area contributed by atoms with Gasteiger partial charge in [0.15, 0.2) is 0 Å². The fourth-order valence-electron chi connectivity index (χ4n) is 2.67. The molecule has 0 saturated carbocycles. The van der Waals surface area contributed by atoms with Gasteiger partial charge in [0, 0.05) is 25.4 Å². The summed E-state index contributed by atoms with van der Waals surface area (Å²) in [5.41, 5.74) is 0. The molecule has 2 heterocycles. The van der Waals surface area contributed by atoms with Gasteiger partial charge in [-0.1, -0.05) is 6.92 Å². The van der Waals surface area contributed by atoms with Crippen LogP contribution in [-0.2, 0) is 6.42 Å². The van der Waals surface area contributed by atoms with Gasteiger partial charge in [0.05, 0.1) is 6.10 Å². The Morgan fingerprint density at radius 2 is 2.29 bits per heavy atom. The van der Waals surface area contributed by atoms with Crippen LogP contribution in [-0.4, -0.2) is 35.7 Å². The van der Waals surface area contributed by atoms with Crippen molar-refractivity contribution in [2.45, 2.75) is 39.2 Å². The molecule has 0 bridgehead atoms. The average molecular weight is 237 g/mol. The van der Waals surface area contributed by atoms with Gasteiger partial charge in [0.2, 0.25) is 0 Å². The highest BCUT2D eigenvalue weighted by molar-refractivity contribution is 5.07. The largest absolute Gasteiger partial charge is 0.466 e. The van der Waals surface area contributed by atoms with Crippen LogP contribution in [0.3, 0.4) is 0 Å². The Bertz CT molecular complexity index is 348. The molecule has 3 heteroatoms. The second-order valence-electron chi connectivity index (χ2n) is 5.13. The Morgan fingerprint density at radius 3 is 2.94 bits per heavy atom. The number of hydrogen-bond donors (Lipinski definition) is 1. The van der Waals surface area contributed by atoms with Crippen molar-refractivity contribution in [2.75, 3.05) is 19.6 Å². The third kappa shape index (κ3) is 3.33. The molecule has 1 aromatic rings. The molecule has 17 heavy (non-hydrogen) atoms. The zero-order valence-electron chi connectivity index (χ0n) is 10.9.